The van der Waals surface area contributed by atoms with Gasteiger partial charge in [-0.25, -0.2) is 18.4 Å². The molecule has 3 rings (SSSR count). The number of halogens is 3. The van der Waals surface area contributed by atoms with Gasteiger partial charge in [0.15, 0.2) is 17.4 Å². The third-order valence-corrected chi connectivity index (χ3v) is 6.76. The Kier molecular flexibility index (Phi) is 9.23. The van der Waals surface area contributed by atoms with E-state index in [9.17, 15) is 28.0 Å². The van der Waals surface area contributed by atoms with E-state index in [1.807, 2.05) is 0 Å². The highest BCUT2D eigenvalue weighted by Gasteiger charge is 2.27. The minimum absolute atomic E-state index is 0.000918. The van der Waals surface area contributed by atoms with Crippen molar-refractivity contribution < 1.29 is 42.2 Å². The van der Waals surface area contributed by atoms with Crippen molar-refractivity contribution in [2.45, 2.75) is 33.4 Å². The summed E-state index contributed by atoms with van der Waals surface area (Å²) >= 11 is 7.32. The third-order valence-electron chi connectivity index (χ3n) is 5.26. The molecule has 0 aliphatic heterocycles. The zero-order valence-corrected chi connectivity index (χ0v) is 22.0. The number of nitrogens with one attached hydrogen (secondary N) is 1. The van der Waals surface area contributed by atoms with Crippen molar-refractivity contribution in [3.8, 4) is 5.75 Å². The largest absolute Gasteiger partial charge is 0.483 e. The van der Waals surface area contributed by atoms with Crippen LogP contribution < -0.4 is 15.8 Å². The van der Waals surface area contributed by atoms with Crippen molar-refractivity contribution in [3.05, 3.63) is 63.0 Å². The fourth-order valence-electron chi connectivity index (χ4n) is 3.47. The van der Waals surface area contributed by atoms with Crippen LogP contribution in [0, 0.1) is 17.6 Å². The van der Waals surface area contributed by atoms with Crippen molar-refractivity contribution in [1.29, 1.82) is 0 Å². The van der Waals surface area contributed by atoms with Gasteiger partial charge in [-0.2, -0.15) is 0 Å². The van der Waals surface area contributed by atoms with Crippen molar-refractivity contribution in [2.24, 2.45) is 11.7 Å². The molecule has 9 nitrogen and oxygen atoms in total. The molecule has 0 radical (unpaired) electrons. The van der Waals surface area contributed by atoms with Crippen LogP contribution in [0.15, 0.2) is 30.3 Å². The summed E-state index contributed by atoms with van der Waals surface area (Å²) in [5.41, 5.74) is 4.87. The maximum absolute atomic E-state index is 14.4. The van der Waals surface area contributed by atoms with Gasteiger partial charge in [0.1, 0.15) is 17.5 Å². The molecule has 0 bridgehead atoms. The average molecular weight is 569 g/mol. The maximum Gasteiger partial charge on any atom is 0.351 e. The standard InChI is InChI=1S/C25H23ClF2N2O7S/c1-11(2)20(30-12(3)31)24(33)36-10-37-25(34)22-14(19-15(26)5-4-6-18(19)38-22)9-35-21-16(27)7-13(23(29)32)8-17(21)28/h4-8,11,20H,9-10H2,1-3H3,(H2,29,32)(H,30,31)/t20-/m0/s1. The summed E-state index contributed by atoms with van der Waals surface area (Å²) < 4.78 is 44.9. The number of thiophene rings is 1. The molecule has 2 amide bonds. The molecule has 1 aromatic heterocycles. The number of esters is 2. The number of hydrogen-bond acceptors (Lipinski definition) is 8. The number of ether oxygens (including phenoxy) is 3. The number of nitrogens with two attached hydrogens (primary N) is 1. The second kappa shape index (κ2) is 12.2. The molecule has 0 spiro atoms. The number of rotatable bonds is 10. The molecule has 0 aliphatic carbocycles. The van der Waals surface area contributed by atoms with Crippen molar-refractivity contribution in [3.63, 3.8) is 0 Å². The first kappa shape index (κ1) is 28.8. The molecule has 1 heterocycles. The molecular formula is C25H23ClF2N2O7S. The van der Waals surface area contributed by atoms with Crippen LogP contribution in [0.4, 0.5) is 8.78 Å². The first-order valence-electron chi connectivity index (χ1n) is 11.1. The zero-order valence-electron chi connectivity index (χ0n) is 20.4. The predicted molar refractivity (Wildman–Crippen MR) is 135 cm³/mol. The van der Waals surface area contributed by atoms with Crippen molar-refractivity contribution in [1.82, 2.24) is 5.32 Å². The van der Waals surface area contributed by atoms with E-state index in [0.29, 0.717) is 10.1 Å². The van der Waals surface area contributed by atoms with Gasteiger partial charge < -0.3 is 25.3 Å². The fourth-order valence-corrected chi connectivity index (χ4v) is 4.94. The smallest absolute Gasteiger partial charge is 0.351 e. The summed E-state index contributed by atoms with van der Waals surface area (Å²) in [4.78, 5) is 47.8. The van der Waals surface area contributed by atoms with E-state index in [0.717, 1.165) is 23.5 Å². The Bertz CT molecular complexity index is 1390. The Labute approximate surface area is 224 Å². The molecule has 202 valence electrons. The Morgan fingerprint density at radius 2 is 1.76 bits per heavy atom. The second-order valence-electron chi connectivity index (χ2n) is 8.38. The highest BCUT2D eigenvalue weighted by Crippen LogP contribution is 2.37. The number of primary amides is 1. The quantitative estimate of drug-likeness (QED) is 0.275. The molecule has 1 atom stereocenters. The van der Waals surface area contributed by atoms with E-state index in [1.54, 1.807) is 32.0 Å². The lowest BCUT2D eigenvalue weighted by molar-refractivity contribution is -0.157. The molecule has 0 saturated carbocycles. The van der Waals surface area contributed by atoms with Crippen LogP contribution in [0.25, 0.3) is 10.1 Å². The van der Waals surface area contributed by atoms with Crippen LogP contribution in [0.5, 0.6) is 5.75 Å². The van der Waals surface area contributed by atoms with Gasteiger partial charge in [-0.3, -0.25) is 9.59 Å². The predicted octanol–water partition coefficient (Wildman–Crippen LogP) is 4.33. The highest BCUT2D eigenvalue weighted by atomic mass is 35.5. The summed E-state index contributed by atoms with van der Waals surface area (Å²) in [6.45, 7) is 3.42. The number of amides is 2. The van der Waals surface area contributed by atoms with Gasteiger partial charge >= 0.3 is 11.9 Å². The van der Waals surface area contributed by atoms with Gasteiger partial charge in [0.05, 0.1) is 0 Å². The van der Waals surface area contributed by atoms with Crippen molar-refractivity contribution >= 4 is 56.8 Å². The van der Waals surface area contributed by atoms with E-state index < -0.39 is 60.6 Å². The summed E-state index contributed by atoms with van der Waals surface area (Å²) in [5.74, 6) is -6.55. The topological polar surface area (TPSA) is 134 Å². The molecule has 38 heavy (non-hydrogen) atoms. The van der Waals surface area contributed by atoms with E-state index in [-0.39, 0.29) is 26.9 Å². The van der Waals surface area contributed by atoms with Crippen LogP contribution >= 0.6 is 22.9 Å². The lowest BCUT2D eigenvalue weighted by atomic mass is 10.1. The molecule has 0 aliphatic rings. The Balaban J connectivity index is 1.82. The van der Waals surface area contributed by atoms with Gasteiger partial charge in [-0.1, -0.05) is 31.5 Å². The van der Waals surface area contributed by atoms with E-state index in [2.05, 4.69) is 5.32 Å². The van der Waals surface area contributed by atoms with Gasteiger partial charge in [0.2, 0.25) is 18.6 Å². The number of fused-ring (bicyclic) bond motifs is 1. The monoisotopic (exact) mass is 568 g/mol. The minimum atomic E-state index is -1.17. The molecule has 3 aromatic rings. The van der Waals surface area contributed by atoms with Crippen molar-refractivity contribution in [2.75, 3.05) is 6.79 Å². The minimum Gasteiger partial charge on any atom is -0.483 e. The maximum atomic E-state index is 14.4. The van der Waals surface area contributed by atoms with Crippen LogP contribution in [-0.2, 0) is 25.7 Å². The van der Waals surface area contributed by atoms with Gasteiger partial charge in [-0.15, -0.1) is 11.3 Å². The molecule has 0 fully saturated rings. The van der Waals surface area contributed by atoms with Crippen LogP contribution in [-0.4, -0.2) is 36.6 Å². The Morgan fingerprint density at radius 1 is 1.11 bits per heavy atom. The van der Waals surface area contributed by atoms with Gasteiger partial charge in [-0.05, 0) is 30.2 Å². The second-order valence-corrected chi connectivity index (χ2v) is 9.84. The molecular weight excluding hydrogens is 546 g/mol. The number of carbonyl (C=O) groups excluding carboxylic acids is 4. The fraction of sp³-hybridized carbons (Fsp3) is 0.280. The zero-order chi connectivity index (χ0) is 28.1. The highest BCUT2D eigenvalue weighted by molar-refractivity contribution is 7.21. The molecule has 2 aromatic carbocycles. The van der Waals surface area contributed by atoms with E-state index >= 15 is 0 Å². The first-order chi connectivity index (χ1) is 17.9. The third kappa shape index (κ3) is 6.56. The average Bonchev–Trinajstić information content (AvgIpc) is 3.21. The van der Waals surface area contributed by atoms with Gasteiger partial charge in [0.25, 0.3) is 0 Å². The molecule has 0 saturated heterocycles. The summed E-state index contributed by atoms with van der Waals surface area (Å²) in [7, 11) is 0. The van der Waals surface area contributed by atoms with Crippen LogP contribution in [0.2, 0.25) is 5.02 Å². The Hall–Kier alpha value is -3.77. The summed E-state index contributed by atoms with van der Waals surface area (Å²) in [6, 6.07) is 5.41. The summed E-state index contributed by atoms with van der Waals surface area (Å²) in [5, 5.41) is 3.12. The number of hydrogen-bond donors (Lipinski definition) is 2. The summed E-state index contributed by atoms with van der Waals surface area (Å²) in [6.07, 6.45) is 0. The Morgan fingerprint density at radius 3 is 2.34 bits per heavy atom. The SMILES string of the molecule is CC(=O)N[C@H](C(=O)OCOC(=O)c1sc2cccc(Cl)c2c1COc1c(F)cc(C(N)=O)cc1F)C(C)C. The normalized spacial score (nSPS) is 11.8. The van der Waals surface area contributed by atoms with Crippen LogP contribution in [0.3, 0.4) is 0 Å². The van der Waals surface area contributed by atoms with Crippen LogP contribution in [0.1, 0.15) is 46.4 Å². The van der Waals surface area contributed by atoms with E-state index in [4.69, 9.17) is 31.5 Å². The molecule has 0 unspecified atom stereocenters. The lowest BCUT2D eigenvalue weighted by Gasteiger charge is -2.19. The van der Waals surface area contributed by atoms with Gasteiger partial charge in [0, 0.05) is 33.2 Å². The molecule has 3 N–H and O–H groups in total. The number of carbonyl (C=O) groups is 4. The lowest BCUT2D eigenvalue weighted by Crippen LogP contribution is -2.44. The van der Waals surface area contributed by atoms with E-state index in [1.165, 1.54) is 6.92 Å². The molecule has 13 heteroatoms. The number of benzene rings is 2. The first-order valence-corrected chi connectivity index (χ1v) is 12.3.